The zero-order chi connectivity index (χ0) is 29.9. The molecule has 1 saturated heterocycles. The van der Waals surface area contributed by atoms with Crippen LogP contribution in [-0.2, 0) is 11.3 Å². The SMILES string of the molecule is CC(N)(CO)C(=O)N1CCN(C(=O)Nc2ccn(-c3ccc(CN(CC4CC4)[C@H]4CC[C@H](N)CC4)cc3)c(=O)n2)CC1.Cl. The van der Waals surface area contributed by atoms with Crippen molar-refractivity contribution in [2.45, 2.75) is 69.6 Å². The van der Waals surface area contributed by atoms with Gasteiger partial charge in [0.15, 0.2) is 0 Å². The average Bonchev–Trinajstić information content (AvgIpc) is 3.82. The Hall–Kier alpha value is -3.03. The Morgan fingerprint density at radius 2 is 1.65 bits per heavy atom. The van der Waals surface area contributed by atoms with Crippen LogP contribution in [-0.4, -0.2) is 98.2 Å². The molecule has 2 heterocycles. The molecule has 1 aliphatic heterocycles. The summed E-state index contributed by atoms with van der Waals surface area (Å²) in [6.07, 6.45) is 8.76. The van der Waals surface area contributed by atoms with Crippen LogP contribution >= 0.6 is 12.4 Å². The van der Waals surface area contributed by atoms with E-state index in [1.54, 1.807) is 22.1 Å². The first kappa shape index (κ1) is 32.9. The molecule has 2 saturated carbocycles. The standard InChI is InChI=1S/C30H44N8O4.ClH/c1-30(32,20-39)27(40)35-14-16-36(17-15-35)28(41)33-26-12-13-38(29(42)34-26)25-8-4-22(5-9-25)19-37(18-21-2-3-21)24-10-6-23(31)7-11-24;/h4-5,8-9,12-13,21,23-24,39H,2-3,6-7,10-11,14-20,31-32H2,1H3,(H,33,34,41,42);1H/t23-,24-,30?;. The Morgan fingerprint density at radius 3 is 2.23 bits per heavy atom. The number of urea groups is 1. The van der Waals surface area contributed by atoms with Crippen LogP contribution in [0, 0.1) is 5.92 Å². The number of aromatic nitrogens is 2. The average molecular weight is 617 g/mol. The third-order valence-electron chi connectivity index (χ3n) is 8.76. The van der Waals surface area contributed by atoms with E-state index >= 15 is 0 Å². The summed E-state index contributed by atoms with van der Waals surface area (Å²) in [5.41, 5.74) is 12.1. The number of rotatable bonds is 9. The number of anilines is 1. The first-order valence-electron chi connectivity index (χ1n) is 15.1. The number of nitrogens with one attached hydrogen (secondary N) is 1. The molecule has 13 heteroatoms. The predicted molar refractivity (Wildman–Crippen MR) is 167 cm³/mol. The molecule has 2 aliphatic carbocycles. The second-order valence-corrected chi connectivity index (χ2v) is 12.4. The smallest absolute Gasteiger partial charge is 0.354 e. The molecule has 6 N–H and O–H groups in total. The van der Waals surface area contributed by atoms with E-state index in [4.69, 9.17) is 11.5 Å². The summed E-state index contributed by atoms with van der Waals surface area (Å²) < 4.78 is 1.46. The molecule has 0 spiro atoms. The van der Waals surface area contributed by atoms with Crippen LogP contribution in [0.1, 0.15) is 51.0 Å². The van der Waals surface area contributed by atoms with Crippen molar-refractivity contribution in [3.8, 4) is 5.69 Å². The minimum absolute atomic E-state index is 0. The molecule has 2 aromatic rings. The van der Waals surface area contributed by atoms with Gasteiger partial charge in [0.25, 0.3) is 0 Å². The van der Waals surface area contributed by atoms with E-state index in [1.807, 2.05) is 12.1 Å². The third kappa shape index (κ3) is 8.33. The van der Waals surface area contributed by atoms with E-state index in [0.717, 1.165) is 44.7 Å². The monoisotopic (exact) mass is 616 g/mol. The van der Waals surface area contributed by atoms with Gasteiger partial charge in [0.1, 0.15) is 11.4 Å². The predicted octanol–water partition coefficient (Wildman–Crippen LogP) is 1.52. The Morgan fingerprint density at radius 1 is 1.02 bits per heavy atom. The lowest BCUT2D eigenvalue weighted by Crippen LogP contribution is -2.60. The maximum absolute atomic E-state index is 12.9. The highest BCUT2D eigenvalue weighted by Crippen LogP contribution is 2.33. The maximum atomic E-state index is 12.9. The van der Waals surface area contributed by atoms with Gasteiger partial charge < -0.3 is 26.4 Å². The summed E-state index contributed by atoms with van der Waals surface area (Å²) in [7, 11) is 0. The number of carbonyl (C=O) groups excluding carboxylic acids is 2. The number of aliphatic hydroxyl groups excluding tert-OH is 1. The molecule has 12 nitrogen and oxygen atoms in total. The van der Waals surface area contributed by atoms with Gasteiger partial charge in [-0.2, -0.15) is 4.98 Å². The van der Waals surface area contributed by atoms with Gasteiger partial charge in [-0.3, -0.25) is 19.6 Å². The Labute approximate surface area is 258 Å². The van der Waals surface area contributed by atoms with Crippen LogP contribution in [0.2, 0.25) is 0 Å². The summed E-state index contributed by atoms with van der Waals surface area (Å²) in [4.78, 5) is 47.9. The van der Waals surface area contributed by atoms with Gasteiger partial charge >= 0.3 is 11.7 Å². The number of hydrogen-bond donors (Lipinski definition) is 4. The summed E-state index contributed by atoms with van der Waals surface area (Å²) >= 11 is 0. The molecule has 3 aliphatic rings. The maximum Gasteiger partial charge on any atom is 0.354 e. The molecule has 236 valence electrons. The van der Waals surface area contributed by atoms with E-state index in [1.165, 1.54) is 29.9 Å². The molecule has 1 atom stereocenters. The number of benzene rings is 1. The molecule has 43 heavy (non-hydrogen) atoms. The van der Waals surface area contributed by atoms with Gasteiger partial charge in [-0.1, -0.05) is 12.1 Å². The largest absolute Gasteiger partial charge is 0.394 e. The van der Waals surface area contributed by atoms with Crippen LogP contribution in [0.4, 0.5) is 10.6 Å². The molecule has 3 amide bonds. The van der Waals surface area contributed by atoms with Crippen molar-refractivity contribution < 1.29 is 14.7 Å². The van der Waals surface area contributed by atoms with Gasteiger partial charge in [0.2, 0.25) is 5.91 Å². The minimum Gasteiger partial charge on any atom is -0.394 e. The molecule has 0 bridgehead atoms. The van der Waals surface area contributed by atoms with Crippen LogP contribution in [0.3, 0.4) is 0 Å². The highest BCUT2D eigenvalue weighted by Gasteiger charge is 2.34. The van der Waals surface area contributed by atoms with E-state index in [9.17, 15) is 19.5 Å². The highest BCUT2D eigenvalue weighted by molar-refractivity contribution is 5.89. The molecule has 1 aromatic heterocycles. The van der Waals surface area contributed by atoms with Gasteiger partial charge in [0.05, 0.1) is 12.3 Å². The fourth-order valence-electron chi connectivity index (χ4n) is 5.84. The van der Waals surface area contributed by atoms with Crippen molar-refractivity contribution >= 4 is 30.2 Å². The lowest BCUT2D eigenvalue weighted by atomic mass is 9.90. The summed E-state index contributed by atoms with van der Waals surface area (Å²) in [6.45, 7) is 4.27. The highest BCUT2D eigenvalue weighted by atomic mass is 35.5. The van der Waals surface area contributed by atoms with Crippen molar-refractivity contribution in [2.75, 3.05) is 44.6 Å². The number of carbonyl (C=O) groups is 2. The molecule has 1 aromatic carbocycles. The van der Waals surface area contributed by atoms with E-state index in [0.29, 0.717) is 44.0 Å². The van der Waals surface area contributed by atoms with Crippen molar-refractivity contribution in [1.29, 1.82) is 0 Å². The van der Waals surface area contributed by atoms with Crippen molar-refractivity contribution in [2.24, 2.45) is 17.4 Å². The molecule has 3 fully saturated rings. The quantitative estimate of drug-likeness (QED) is 0.329. The second kappa shape index (κ2) is 14.2. The first-order valence-corrected chi connectivity index (χ1v) is 15.1. The molecular weight excluding hydrogens is 572 g/mol. The number of nitrogens with two attached hydrogens (primary N) is 2. The van der Waals surface area contributed by atoms with Crippen LogP contribution in [0.25, 0.3) is 5.69 Å². The number of aliphatic hydroxyl groups is 1. The Balaban J connectivity index is 0.00000423. The van der Waals surface area contributed by atoms with E-state index < -0.39 is 23.9 Å². The lowest BCUT2D eigenvalue weighted by molar-refractivity contribution is -0.139. The first-order chi connectivity index (χ1) is 20.1. The number of amides is 3. The van der Waals surface area contributed by atoms with Crippen molar-refractivity contribution in [1.82, 2.24) is 24.3 Å². The Bertz CT molecular complexity index is 1300. The molecule has 5 rings (SSSR count). The zero-order valence-corrected chi connectivity index (χ0v) is 25.7. The number of nitrogens with zero attached hydrogens (tertiary/aromatic N) is 5. The van der Waals surface area contributed by atoms with E-state index in [-0.39, 0.29) is 24.1 Å². The lowest BCUT2D eigenvalue weighted by Gasteiger charge is -2.37. The van der Waals surface area contributed by atoms with Crippen molar-refractivity contribution in [3.63, 3.8) is 0 Å². The van der Waals surface area contributed by atoms with Gasteiger partial charge in [-0.15, -0.1) is 12.4 Å². The normalized spacial score (nSPS) is 22.1. The summed E-state index contributed by atoms with van der Waals surface area (Å²) in [6, 6.07) is 10.1. The number of piperazine rings is 1. The fourth-order valence-corrected chi connectivity index (χ4v) is 5.84. The topological polar surface area (TPSA) is 163 Å². The summed E-state index contributed by atoms with van der Waals surface area (Å²) in [5, 5.41) is 12.0. The van der Waals surface area contributed by atoms with Gasteiger partial charge in [-0.05, 0) is 75.1 Å². The van der Waals surface area contributed by atoms with Crippen molar-refractivity contribution in [3.05, 3.63) is 52.6 Å². The Kier molecular flexibility index (Phi) is 10.8. The fraction of sp³-hybridized carbons (Fsp3) is 0.600. The van der Waals surface area contributed by atoms with E-state index in [2.05, 4.69) is 27.3 Å². The number of hydrogen-bond acceptors (Lipinski definition) is 8. The molecular formula is C30H45ClN8O4. The van der Waals surface area contributed by atoms with Crippen LogP contribution in [0.5, 0.6) is 0 Å². The summed E-state index contributed by atoms with van der Waals surface area (Å²) in [5.74, 6) is 0.624. The van der Waals surface area contributed by atoms with Crippen LogP contribution < -0.4 is 22.5 Å². The third-order valence-corrected chi connectivity index (χ3v) is 8.76. The zero-order valence-electron chi connectivity index (χ0n) is 24.9. The van der Waals surface area contributed by atoms with Crippen LogP contribution in [0.15, 0.2) is 41.3 Å². The molecule has 0 radical (unpaired) electrons. The van der Waals surface area contributed by atoms with Gasteiger partial charge in [-0.25, -0.2) is 9.59 Å². The molecule has 1 unspecified atom stereocenters. The minimum atomic E-state index is -1.35. The second-order valence-electron chi connectivity index (χ2n) is 12.4. The van der Waals surface area contributed by atoms with Gasteiger partial charge in [0, 0.05) is 57.5 Å². The number of halogens is 1.